The Morgan fingerprint density at radius 2 is 1.42 bits per heavy atom. The lowest BCUT2D eigenvalue weighted by molar-refractivity contribution is 0.0494. The van der Waals surface area contributed by atoms with Gasteiger partial charge in [-0.3, -0.25) is 0 Å². The van der Waals surface area contributed by atoms with Crippen molar-refractivity contribution in [2.24, 2.45) is 0 Å². The van der Waals surface area contributed by atoms with Gasteiger partial charge in [0.1, 0.15) is 12.7 Å². The molecule has 0 saturated carbocycles. The van der Waals surface area contributed by atoms with Crippen molar-refractivity contribution in [1.29, 1.82) is 0 Å². The van der Waals surface area contributed by atoms with Gasteiger partial charge in [-0.25, -0.2) is 9.59 Å². The summed E-state index contributed by atoms with van der Waals surface area (Å²) in [4.78, 5) is 25.1. The zero-order chi connectivity index (χ0) is 27.1. The number of nitrogens with one attached hydrogen (secondary N) is 2. The van der Waals surface area contributed by atoms with Crippen LogP contribution in [0.1, 0.15) is 63.8 Å². The van der Waals surface area contributed by atoms with Crippen LogP contribution in [0.25, 0.3) is 11.1 Å². The van der Waals surface area contributed by atoms with Crippen LogP contribution in [0.5, 0.6) is 0 Å². The molecule has 0 spiro atoms. The van der Waals surface area contributed by atoms with Gasteiger partial charge in [0.05, 0.1) is 11.1 Å². The summed E-state index contributed by atoms with van der Waals surface area (Å²) in [6.07, 6.45) is -1.87. The Morgan fingerprint density at radius 3 is 1.97 bits per heavy atom. The molecule has 1 unspecified atom stereocenters. The van der Waals surface area contributed by atoms with Crippen LogP contribution in [-0.4, -0.2) is 30.2 Å². The topological polar surface area (TPSA) is 76.7 Å². The van der Waals surface area contributed by atoms with Crippen molar-refractivity contribution < 1.29 is 19.1 Å². The molecule has 0 aliphatic carbocycles. The highest BCUT2D eigenvalue weighted by molar-refractivity contribution is 9.09. The van der Waals surface area contributed by atoms with Crippen molar-refractivity contribution in [3.63, 3.8) is 0 Å². The number of alkyl halides is 1. The SMILES string of the molecule is C=C(C)c1ccc(C(C)(C)NC(=O)OC(CBr)COC(=O)NC(C)(C)c2cccc(C(=C)C)c2)cc1. The van der Waals surface area contributed by atoms with E-state index in [9.17, 15) is 9.59 Å². The number of hydrogen-bond donors (Lipinski definition) is 2. The number of halogens is 1. The first-order chi connectivity index (χ1) is 16.7. The average molecular weight is 558 g/mol. The van der Waals surface area contributed by atoms with E-state index in [2.05, 4.69) is 39.7 Å². The summed E-state index contributed by atoms with van der Waals surface area (Å²) in [6, 6.07) is 15.7. The van der Waals surface area contributed by atoms with Gasteiger partial charge in [0.2, 0.25) is 0 Å². The molecule has 2 aromatic carbocycles. The Hall–Kier alpha value is -3.06. The van der Waals surface area contributed by atoms with Gasteiger partial charge in [0.25, 0.3) is 0 Å². The van der Waals surface area contributed by atoms with Crippen molar-refractivity contribution in [3.05, 3.63) is 83.9 Å². The summed E-state index contributed by atoms with van der Waals surface area (Å²) in [5, 5.41) is 6.07. The molecule has 6 nitrogen and oxygen atoms in total. The number of ether oxygens (including phenoxy) is 2. The number of benzene rings is 2. The van der Waals surface area contributed by atoms with E-state index in [1.165, 1.54) is 0 Å². The molecule has 0 bridgehead atoms. The van der Waals surface area contributed by atoms with Gasteiger partial charge >= 0.3 is 12.2 Å². The second-order valence-corrected chi connectivity index (χ2v) is 10.6. The van der Waals surface area contributed by atoms with Gasteiger partial charge in [-0.15, -0.1) is 0 Å². The minimum absolute atomic E-state index is 0.0971. The first kappa shape index (κ1) is 29.2. The summed E-state index contributed by atoms with van der Waals surface area (Å²) < 4.78 is 10.9. The van der Waals surface area contributed by atoms with E-state index in [1.54, 1.807) is 0 Å². The van der Waals surface area contributed by atoms with Gasteiger partial charge in [0.15, 0.2) is 0 Å². The summed E-state index contributed by atoms with van der Waals surface area (Å²) in [7, 11) is 0. The highest BCUT2D eigenvalue weighted by Crippen LogP contribution is 2.24. The minimum Gasteiger partial charge on any atom is -0.446 e. The fourth-order valence-corrected chi connectivity index (χ4v) is 3.81. The van der Waals surface area contributed by atoms with Crippen LogP contribution < -0.4 is 10.6 Å². The Balaban J connectivity index is 1.92. The maximum Gasteiger partial charge on any atom is 0.408 e. The molecule has 0 aliphatic rings. The second kappa shape index (κ2) is 12.3. The van der Waals surface area contributed by atoms with Gasteiger partial charge in [-0.2, -0.15) is 0 Å². The third kappa shape index (κ3) is 8.26. The van der Waals surface area contributed by atoms with Crippen LogP contribution in [0.2, 0.25) is 0 Å². The van der Waals surface area contributed by atoms with Gasteiger partial charge in [0, 0.05) is 5.33 Å². The van der Waals surface area contributed by atoms with Gasteiger partial charge in [-0.05, 0) is 69.9 Å². The quantitative estimate of drug-likeness (QED) is 0.305. The zero-order valence-corrected chi connectivity index (χ0v) is 23.6. The first-order valence-corrected chi connectivity index (χ1v) is 12.9. The average Bonchev–Trinajstić information content (AvgIpc) is 2.81. The second-order valence-electron chi connectivity index (χ2n) is 10.00. The lowest BCUT2D eigenvalue weighted by Gasteiger charge is -2.29. The van der Waals surface area contributed by atoms with E-state index in [0.29, 0.717) is 5.33 Å². The summed E-state index contributed by atoms with van der Waals surface area (Å²) in [5.41, 5.74) is 4.47. The Labute approximate surface area is 223 Å². The molecule has 0 fully saturated rings. The molecule has 7 heteroatoms. The molecule has 2 rings (SSSR count). The van der Waals surface area contributed by atoms with Crippen molar-refractivity contribution in [1.82, 2.24) is 10.6 Å². The summed E-state index contributed by atoms with van der Waals surface area (Å²) >= 11 is 3.33. The van der Waals surface area contributed by atoms with E-state index >= 15 is 0 Å². The third-order valence-corrected chi connectivity index (χ3v) is 6.57. The van der Waals surface area contributed by atoms with Crippen LogP contribution in [-0.2, 0) is 20.6 Å². The highest BCUT2D eigenvalue weighted by Gasteiger charge is 2.27. The molecule has 0 radical (unpaired) electrons. The number of hydrogen-bond acceptors (Lipinski definition) is 4. The number of alkyl carbamates (subject to hydrolysis) is 2. The molecule has 2 amide bonds. The lowest BCUT2D eigenvalue weighted by atomic mass is 9.92. The number of allylic oxidation sites excluding steroid dienone is 2. The minimum atomic E-state index is -0.672. The number of carbonyl (C=O) groups is 2. The number of carbonyl (C=O) groups excluding carboxylic acids is 2. The van der Waals surface area contributed by atoms with Crippen molar-refractivity contribution >= 4 is 39.3 Å². The van der Waals surface area contributed by atoms with E-state index < -0.39 is 29.4 Å². The fraction of sp³-hybridized carbons (Fsp3) is 0.379. The molecule has 0 aromatic heterocycles. The van der Waals surface area contributed by atoms with E-state index in [0.717, 1.165) is 33.4 Å². The molecule has 1 atom stereocenters. The summed E-state index contributed by atoms with van der Waals surface area (Å²) in [6.45, 7) is 19.3. The van der Waals surface area contributed by atoms with Crippen LogP contribution in [0.3, 0.4) is 0 Å². The molecule has 0 saturated heterocycles. The van der Waals surface area contributed by atoms with Crippen molar-refractivity contribution in [2.45, 2.75) is 58.7 Å². The normalized spacial score (nSPS) is 12.3. The lowest BCUT2D eigenvalue weighted by Crippen LogP contribution is -2.44. The molecule has 0 heterocycles. The first-order valence-electron chi connectivity index (χ1n) is 11.8. The monoisotopic (exact) mass is 556 g/mol. The maximum absolute atomic E-state index is 12.6. The molecule has 0 aliphatic heterocycles. The molecular weight excluding hydrogens is 520 g/mol. The zero-order valence-electron chi connectivity index (χ0n) is 22.0. The molecule has 2 N–H and O–H groups in total. The van der Waals surface area contributed by atoms with Crippen molar-refractivity contribution in [3.8, 4) is 0 Å². The van der Waals surface area contributed by atoms with E-state index in [-0.39, 0.29) is 6.61 Å². The third-order valence-electron chi connectivity index (χ3n) is 5.85. The Bertz CT molecular complexity index is 1110. The highest BCUT2D eigenvalue weighted by atomic mass is 79.9. The molecular formula is C29H37BrN2O4. The van der Waals surface area contributed by atoms with Crippen LogP contribution in [0.15, 0.2) is 61.7 Å². The Kier molecular flexibility index (Phi) is 9.93. The van der Waals surface area contributed by atoms with Crippen LogP contribution in [0, 0.1) is 0 Å². The molecule has 2 aromatic rings. The summed E-state index contributed by atoms with van der Waals surface area (Å²) in [5.74, 6) is 0. The predicted octanol–water partition coefficient (Wildman–Crippen LogP) is 7.14. The number of rotatable bonds is 10. The Morgan fingerprint density at radius 1 is 0.861 bits per heavy atom. The smallest absolute Gasteiger partial charge is 0.408 e. The van der Waals surface area contributed by atoms with Gasteiger partial charge in [-0.1, -0.05) is 82.7 Å². The van der Waals surface area contributed by atoms with E-state index in [1.807, 2.05) is 90.1 Å². The fourth-order valence-electron chi connectivity index (χ4n) is 3.50. The molecule has 36 heavy (non-hydrogen) atoms. The van der Waals surface area contributed by atoms with E-state index in [4.69, 9.17) is 9.47 Å². The maximum atomic E-state index is 12.6. The van der Waals surface area contributed by atoms with Crippen LogP contribution in [0.4, 0.5) is 9.59 Å². The predicted molar refractivity (Wildman–Crippen MR) is 150 cm³/mol. The van der Waals surface area contributed by atoms with Crippen LogP contribution >= 0.6 is 15.9 Å². The number of amides is 2. The van der Waals surface area contributed by atoms with Crippen molar-refractivity contribution in [2.75, 3.05) is 11.9 Å². The largest absolute Gasteiger partial charge is 0.446 e. The standard InChI is InChI=1S/C29H37BrN2O4/c1-19(2)21-12-14-23(15-13-21)28(5,6)32-27(34)36-25(17-30)18-35-26(33)31-29(7,8)24-11-9-10-22(16-24)20(3)4/h9-16,25H,1,3,17-18H2,2,4-8H3,(H,31,33)(H,32,34). The molecule has 194 valence electrons. The van der Waals surface area contributed by atoms with Gasteiger partial charge < -0.3 is 20.1 Å².